The van der Waals surface area contributed by atoms with E-state index in [-0.39, 0.29) is 27.3 Å². The van der Waals surface area contributed by atoms with E-state index >= 15 is 0 Å². The molecule has 4 rings (SSSR count). The van der Waals surface area contributed by atoms with E-state index < -0.39 is 16.7 Å². The highest BCUT2D eigenvalue weighted by Crippen LogP contribution is 2.46. The predicted molar refractivity (Wildman–Crippen MR) is 107 cm³/mol. The van der Waals surface area contributed by atoms with Crippen molar-refractivity contribution in [2.24, 2.45) is 0 Å². The minimum absolute atomic E-state index is 0.0433. The van der Waals surface area contributed by atoms with E-state index in [0.29, 0.717) is 16.0 Å². The van der Waals surface area contributed by atoms with Gasteiger partial charge in [0.2, 0.25) is 0 Å². The third-order valence-corrected chi connectivity index (χ3v) is 5.56. The first-order valence-corrected chi connectivity index (χ1v) is 9.18. The number of nitro groups is 1. The number of rotatable bonds is 3. The van der Waals surface area contributed by atoms with Crippen molar-refractivity contribution in [3.63, 3.8) is 0 Å². The summed E-state index contributed by atoms with van der Waals surface area (Å²) >= 11 is 1.02. The van der Waals surface area contributed by atoms with E-state index in [2.05, 4.69) is 4.98 Å². The van der Waals surface area contributed by atoms with Gasteiger partial charge in [-0.3, -0.25) is 10.1 Å². The quantitative estimate of drug-likeness (QED) is 0.322. The highest BCUT2D eigenvalue weighted by molar-refractivity contribution is 7.22. The van der Waals surface area contributed by atoms with Crippen LogP contribution in [-0.2, 0) is 6.18 Å². The molecule has 0 radical (unpaired) electrons. The lowest BCUT2D eigenvalue weighted by Gasteiger charge is -2.11. The Morgan fingerprint density at radius 2 is 1.66 bits per heavy atom. The summed E-state index contributed by atoms with van der Waals surface area (Å²) in [7, 11) is 0. The first kappa shape index (κ1) is 18.9. The number of fused-ring (bicyclic) bond motifs is 1. The smallest absolute Gasteiger partial charge is 0.397 e. The Morgan fingerprint density at radius 1 is 1.00 bits per heavy atom. The van der Waals surface area contributed by atoms with Crippen molar-refractivity contribution >= 4 is 32.9 Å². The maximum Gasteiger partial charge on any atom is 0.417 e. The highest BCUT2D eigenvalue weighted by Gasteiger charge is 2.35. The molecule has 0 aliphatic carbocycles. The standard InChI is InChI=1S/C20H12F3N3O2S/c21-20(22,23)14-10-15(11-4-2-1-3-5-11)25-19-16(14)17(24)18(29-19)12-6-8-13(9-7-12)26(27)28/h1-10H,24H2. The average Bonchev–Trinajstić information content (AvgIpc) is 3.04. The van der Waals surface area contributed by atoms with Gasteiger partial charge in [-0.1, -0.05) is 30.3 Å². The van der Waals surface area contributed by atoms with Gasteiger partial charge in [0.15, 0.2) is 0 Å². The van der Waals surface area contributed by atoms with E-state index in [1.807, 2.05) is 0 Å². The van der Waals surface area contributed by atoms with Crippen molar-refractivity contribution in [1.29, 1.82) is 0 Å². The summed E-state index contributed by atoms with van der Waals surface area (Å²) in [6.07, 6.45) is -4.62. The SMILES string of the molecule is Nc1c(-c2ccc([N+](=O)[O-])cc2)sc2nc(-c3ccccc3)cc(C(F)(F)F)c12. The monoisotopic (exact) mass is 415 g/mol. The van der Waals surface area contributed by atoms with Gasteiger partial charge in [-0.25, -0.2) is 4.98 Å². The third kappa shape index (κ3) is 3.40. The van der Waals surface area contributed by atoms with Gasteiger partial charge < -0.3 is 5.73 Å². The van der Waals surface area contributed by atoms with E-state index in [1.54, 1.807) is 30.3 Å². The maximum absolute atomic E-state index is 13.8. The third-order valence-electron chi connectivity index (χ3n) is 4.41. The molecule has 146 valence electrons. The number of non-ortho nitro benzene ring substituents is 1. The van der Waals surface area contributed by atoms with Gasteiger partial charge in [0, 0.05) is 23.1 Å². The molecule has 2 N–H and O–H groups in total. The van der Waals surface area contributed by atoms with Crippen molar-refractivity contribution in [2.75, 3.05) is 5.73 Å². The molecule has 5 nitrogen and oxygen atoms in total. The molecule has 0 bridgehead atoms. The number of nitrogens with zero attached hydrogens (tertiary/aromatic N) is 2. The van der Waals surface area contributed by atoms with Gasteiger partial charge in [-0.05, 0) is 23.8 Å². The Bertz CT molecular complexity index is 1220. The number of benzene rings is 2. The molecular formula is C20H12F3N3O2S. The molecule has 0 saturated carbocycles. The zero-order valence-electron chi connectivity index (χ0n) is 14.6. The van der Waals surface area contributed by atoms with Gasteiger partial charge in [-0.15, -0.1) is 11.3 Å². The number of nitrogen functional groups attached to an aromatic ring is 1. The van der Waals surface area contributed by atoms with Gasteiger partial charge in [0.05, 0.1) is 26.7 Å². The van der Waals surface area contributed by atoms with Crippen molar-refractivity contribution in [3.8, 4) is 21.7 Å². The largest absolute Gasteiger partial charge is 0.417 e. The summed E-state index contributed by atoms with van der Waals surface area (Å²) in [5.74, 6) is 0. The predicted octanol–water partition coefficient (Wildman–Crippen LogP) is 6.14. The summed E-state index contributed by atoms with van der Waals surface area (Å²) in [4.78, 5) is 15.2. The summed E-state index contributed by atoms with van der Waals surface area (Å²) in [5.41, 5.74) is 6.32. The number of alkyl halides is 3. The van der Waals surface area contributed by atoms with E-state index in [1.165, 1.54) is 24.3 Å². The van der Waals surface area contributed by atoms with E-state index in [0.717, 1.165) is 17.4 Å². The summed E-state index contributed by atoms with van der Waals surface area (Å²) < 4.78 is 41.4. The van der Waals surface area contributed by atoms with Crippen molar-refractivity contribution in [1.82, 2.24) is 4.98 Å². The summed E-state index contributed by atoms with van der Waals surface area (Å²) in [6, 6.07) is 15.1. The second-order valence-electron chi connectivity index (χ2n) is 6.25. The molecule has 4 aromatic rings. The van der Waals surface area contributed by atoms with Crippen LogP contribution >= 0.6 is 11.3 Å². The lowest BCUT2D eigenvalue weighted by Crippen LogP contribution is -2.07. The molecule has 9 heteroatoms. The van der Waals surface area contributed by atoms with Gasteiger partial charge >= 0.3 is 6.18 Å². The first-order valence-electron chi connectivity index (χ1n) is 8.36. The molecule has 0 spiro atoms. The van der Waals surface area contributed by atoms with E-state index in [9.17, 15) is 23.3 Å². The van der Waals surface area contributed by atoms with Crippen LogP contribution in [0.15, 0.2) is 60.7 Å². The number of aromatic nitrogens is 1. The number of nitro benzene ring substituents is 1. The van der Waals surface area contributed by atoms with Gasteiger partial charge in [0.25, 0.3) is 5.69 Å². The summed E-state index contributed by atoms with van der Waals surface area (Å²) in [6.45, 7) is 0. The topological polar surface area (TPSA) is 82.0 Å². The van der Waals surface area contributed by atoms with Crippen LogP contribution in [-0.4, -0.2) is 9.91 Å². The fourth-order valence-corrected chi connectivity index (χ4v) is 4.18. The number of hydrogen-bond acceptors (Lipinski definition) is 5. The van der Waals surface area contributed by atoms with Crippen molar-refractivity contribution in [3.05, 3.63) is 76.3 Å². The van der Waals surface area contributed by atoms with Crippen molar-refractivity contribution < 1.29 is 18.1 Å². The van der Waals surface area contributed by atoms with Gasteiger partial charge in [-0.2, -0.15) is 13.2 Å². The Kier molecular flexibility index (Phi) is 4.46. The minimum atomic E-state index is -4.62. The van der Waals surface area contributed by atoms with Crippen LogP contribution < -0.4 is 5.73 Å². The molecular weight excluding hydrogens is 403 g/mol. The average molecular weight is 415 g/mol. The van der Waals surface area contributed by atoms with Crippen LogP contribution in [0.4, 0.5) is 24.5 Å². The molecule has 2 heterocycles. The lowest BCUT2D eigenvalue weighted by molar-refractivity contribution is -0.384. The Labute approximate surface area is 166 Å². The zero-order chi connectivity index (χ0) is 20.8. The number of thiophene rings is 1. The second kappa shape index (κ2) is 6.85. The second-order valence-corrected chi connectivity index (χ2v) is 7.25. The summed E-state index contributed by atoms with van der Waals surface area (Å²) in [5, 5.41) is 10.7. The normalized spacial score (nSPS) is 11.7. The molecule has 0 atom stereocenters. The molecule has 0 aliphatic rings. The van der Waals surface area contributed by atoms with Crippen LogP contribution in [0.2, 0.25) is 0 Å². The van der Waals surface area contributed by atoms with Crippen LogP contribution in [0.5, 0.6) is 0 Å². The minimum Gasteiger partial charge on any atom is -0.397 e. The highest BCUT2D eigenvalue weighted by atomic mass is 32.1. The fourth-order valence-electron chi connectivity index (χ4n) is 3.05. The number of anilines is 1. The Hall–Kier alpha value is -3.46. The number of halogens is 3. The number of hydrogen-bond donors (Lipinski definition) is 1. The molecule has 2 aromatic carbocycles. The number of nitrogens with two attached hydrogens (primary N) is 1. The molecule has 0 fully saturated rings. The zero-order valence-corrected chi connectivity index (χ0v) is 15.4. The first-order chi connectivity index (χ1) is 13.8. The number of pyridine rings is 1. The maximum atomic E-state index is 13.8. The van der Waals surface area contributed by atoms with Gasteiger partial charge in [0.1, 0.15) is 4.83 Å². The molecule has 0 saturated heterocycles. The molecule has 0 amide bonds. The lowest BCUT2D eigenvalue weighted by atomic mass is 10.0. The van der Waals surface area contributed by atoms with Crippen LogP contribution in [0.25, 0.3) is 31.9 Å². The van der Waals surface area contributed by atoms with Crippen LogP contribution in [0, 0.1) is 10.1 Å². The van der Waals surface area contributed by atoms with E-state index in [4.69, 9.17) is 5.73 Å². The Morgan fingerprint density at radius 3 is 2.24 bits per heavy atom. The van der Waals surface area contributed by atoms with Crippen molar-refractivity contribution in [2.45, 2.75) is 6.18 Å². The molecule has 29 heavy (non-hydrogen) atoms. The molecule has 0 aliphatic heterocycles. The molecule has 0 unspecified atom stereocenters. The molecule has 2 aromatic heterocycles. The fraction of sp³-hybridized carbons (Fsp3) is 0.0500. The van der Waals surface area contributed by atoms with Crippen LogP contribution in [0.1, 0.15) is 5.56 Å². The Balaban J connectivity index is 1.95. The van der Waals surface area contributed by atoms with Crippen LogP contribution in [0.3, 0.4) is 0 Å².